The maximum atomic E-state index is 13.4. The molecule has 0 unspecified atom stereocenters. The Kier molecular flexibility index (Phi) is 3.52. The number of nitrogens with one attached hydrogen (secondary N) is 1. The molecule has 3 N–H and O–H groups in total. The third kappa shape index (κ3) is 2.98. The van der Waals surface area contributed by atoms with Gasteiger partial charge in [-0.05, 0) is 30.3 Å². The first kappa shape index (κ1) is 14.1. The first-order chi connectivity index (χ1) is 9.27. The third-order valence-corrected chi connectivity index (χ3v) is 2.55. The van der Waals surface area contributed by atoms with Gasteiger partial charge >= 0.3 is 6.18 Å². The molecule has 7 heteroatoms. The Morgan fingerprint density at radius 1 is 0.900 bits per heavy atom. The first-order valence-electron chi connectivity index (χ1n) is 5.46. The topological polar surface area (TPSA) is 38.0 Å². The van der Waals surface area contributed by atoms with Crippen LogP contribution < -0.4 is 11.1 Å². The zero-order chi connectivity index (χ0) is 14.9. The van der Waals surface area contributed by atoms with Crippen molar-refractivity contribution >= 4 is 17.1 Å². The number of alkyl halides is 3. The van der Waals surface area contributed by atoms with Crippen LogP contribution in [0.5, 0.6) is 0 Å². The van der Waals surface area contributed by atoms with Crippen molar-refractivity contribution in [3.63, 3.8) is 0 Å². The van der Waals surface area contributed by atoms with Crippen molar-refractivity contribution in [1.82, 2.24) is 0 Å². The fraction of sp³-hybridized carbons (Fsp3) is 0.0769. The molecule has 0 heterocycles. The summed E-state index contributed by atoms with van der Waals surface area (Å²) in [6.45, 7) is 0. The fourth-order valence-electron chi connectivity index (χ4n) is 1.64. The number of anilines is 3. The van der Waals surface area contributed by atoms with E-state index < -0.39 is 23.4 Å². The maximum Gasteiger partial charge on any atom is 0.418 e. The predicted molar refractivity (Wildman–Crippen MR) is 65.5 cm³/mol. The first-order valence-corrected chi connectivity index (χ1v) is 5.46. The van der Waals surface area contributed by atoms with Crippen LogP contribution in [0.1, 0.15) is 5.56 Å². The Morgan fingerprint density at radius 3 is 2.15 bits per heavy atom. The quantitative estimate of drug-likeness (QED) is 0.638. The molecule has 0 amide bonds. The van der Waals surface area contributed by atoms with Gasteiger partial charge in [0, 0.05) is 11.8 Å². The van der Waals surface area contributed by atoms with Crippen LogP contribution in [0, 0.1) is 11.6 Å². The summed E-state index contributed by atoms with van der Waals surface area (Å²) in [5.74, 6) is -1.81. The maximum absolute atomic E-state index is 13.4. The van der Waals surface area contributed by atoms with Gasteiger partial charge in [-0.3, -0.25) is 0 Å². The highest BCUT2D eigenvalue weighted by Crippen LogP contribution is 2.37. The lowest BCUT2D eigenvalue weighted by molar-refractivity contribution is -0.136. The van der Waals surface area contributed by atoms with E-state index in [-0.39, 0.29) is 17.1 Å². The monoisotopic (exact) mass is 288 g/mol. The molecule has 0 bridgehead atoms. The summed E-state index contributed by atoms with van der Waals surface area (Å²) >= 11 is 0. The van der Waals surface area contributed by atoms with E-state index in [1.54, 1.807) is 0 Å². The van der Waals surface area contributed by atoms with Crippen LogP contribution in [0.2, 0.25) is 0 Å². The highest BCUT2D eigenvalue weighted by Gasteiger charge is 2.33. The molecular weight excluding hydrogens is 279 g/mol. The molecule has 0 aliphatic carbocycles. The van der Waals surface area contributed by atoms with Crippen molar-refractivity contribution < 1.29 is 22.0 Å². The largest absolute Gasteiger partial charge is 0.418 e. The van der Waals surface area contributed by atoms with Gasteiger partial charge in [-0.2, -0.15) is 13.2 Å². The van der Waals surface area contributed by atoms with E-state index in [1.807, 2.05) is 0 Å². The van der Waals surface area contributed by atoms with Crippen LogP contribution in [0.3, 0.4) is 0 Å². The zero-order valence-corrected chi connectivity index (χ0v) is 9.93. The molecule has 0 saturated carbocycles. The second-order valence-electron chi connectivity index (χ2n) is 4.05. The summed E-state index contributed by atoms with van der Waals surface area (Å²) in [5.41, 5.74) is 3.60. The smallest absolute Gasteiger partial charge is 0.399 e. The molecular formula is C13H9F5N2. The number of halogens is 5. The zero-order valence-electron chi connectivity index (χ0n) is 9.93. The second-order valence-corrected chi connectivity index (χ2v) is 4.05. The van der Waals surface area contributed by atoms with E-state index in [1.165, 1.54) is 6.07 Å². The number of nitrogens with two attached hydrogens (primary N) is 1. The van der Waals surface area contributed by atoms with Gasteiger partial charge in [-0.1, -0.05) is 0 Å². The molecule has 0 radical (unpaired) electrons. The Hall–Kier alpha value is -2.31. The van der Waals surface area contributed by atoms with Gasteiger partial charge in [0.1, 0.15) is 11.6 Å². The highest BCUT2D eigenvalue weighted by molar-refractivity contribution is 5.67. The summed E-state index contributed by atoms with van der Waals surface area (Å²) in [5, 5.41) is 2.28. The molecule has 2 rings (SSSR count). The minimum atomic E-state index is -4.64. The van der Waals surface area contributed by atoms with Crippen LogP contribution >= 0.6 is 0 Å². The number of benzene rings is 2. The van der Waals surface area contributed by atoms with Gasteiger partial charge in [0.25, 0.3) is 0 Å². The summed E-state index contributed by atoms with van der Waals surface area (Å²) in [7, 11) is 0. The Morgan fingerprint density at radius 2 is 1.55 bits per heavy atom. The second kappa shape index (κ2) is 4.99. The van der Waals surface area contributed by atoms with Gasteiger partial charge in [0.15, 0.2) is 0 Å². The molecule has 0 aliphatic heterocycles. The summed E-state index contributed by atoms with van der Waals surface area (Å²) in [6, 6.07) is 5.60. The van der Waals surface area contributed by atoms with E-state index in [2.05, 4.69) is 5.32 Å². The van der Waals surface area contributed by atoms with Crippen molar-refractivity contribution in [2.75, 3.05) is 11.1 Å². The van der Waals surface area contributed by atoms with Gasteiger partial charge in [0.05, 0.1) is 16.9 Å². The lowest BCUT2D eigenvalue weighted by Gasteiger charge is -2.15. The lowest BCUT2D eigenvalue weighted by atomic mass is 10.1. The van der Waals surface area contributed by atoms with E-state index in [0.717, 1.165) is 24.3 Å². The Bertz CT molecular complexity index is 637. The number of rotatable bonds is 2. The molecule has 0 spiro atoms. The summed E-state index contributed by atoms with van der Waals surface area (Å²) < 4.78 is 64.7. The molecule has 2 aromatic carbocycles. The van der Waals surface area contributed by atoms with Gasteiger partial charge < -0.3 is 11.1 Å². The average molecular weight is 288 g/mol. The predicted octanol–water partition coefficient (Wildman–Crippen LogP) is 4.31. The van der Waals surface area contributed by atoms with Gasteiger partial charge in [0.2, 0.25) is 0 Å². The Balaban J connectivity index is 2.43. The van der Waals surface area contributed by atoms with E-state index in [9.17, 15) is 22.0 Å². The number of hydrogen-bond acceptors (Lipinski definition) is 2. The van der Waals surface area contributed by atoms with Crippen LogP contribution in [0.4, 0.5) is 39.0 Å². The molecule has 106 valence electrons. The molecule has 2 aromatic rings. The molecule has 0 saturated heterocycles. The average Bonchev–Trinajstić information content (AvgIpc) is 2.33. The molecule has 2 nitrogen and oxygen atoms in total. The van der Waals surface area contributed by atoms with Crippen molar-refractivity contribution in [1.29, 1.82) is 0 Å². The molecule has 0 aromatic heterocycles. The van der Waals surface area contributed by atoms with Crippen molar-refractivity contribution in [3.8, 4) is 0 Å². The standard InChI is InChI=1S/C13H9F5N2/c14-7-1-3-12(10(15)5-7)20-11-4-2-8(19)6-9(11)13(16,17)18/h1-6,20H,19H2. The SMILES string of the molecule is Nc1ccc(Nc2ccc(F)cc2F)c(C(F)(F)F)c1. The Labute approximate surface area is 111 Å². The minimum Gasteiger partial charge on any atom is -0.399 e. The minimum absolute atomic E-state index is 0.0672. The van der Waals surface area contributed by atoms with E-state index in [4.69, 9.17) is 5.73 Å². The van der Waals surface area contributed by atoms with Gasteiger partial charge in [-0.25, -0.2) is 8.78 Å². The lowest BCUT2D eigenvalue weighted by Crippen LogP contribution is -2.10. The van der Waals surface area contributed by atoms with E-state index >= 15 is 0 Å². The molecule has 0 atom stereocenters. The third-order valence-electron chi connectivity index (χ3n) is 2.55. The molecule has 0 aliphatic rings. The summed E-state index contributed by atoms with van der Waals surface area (Å²) in [6.07, 6.45) is -4.64. The number of nitrogen functional groups attached to an aromatic ring is 1. The van der Waals surface area contributed by atoms with Gasteiger partial charge in [-0.15, -0.1) is 0 Å². The van der Waals surface area contributed by atoms with Crippen molar-refractivity contribution in [2.24, 2.45) is 0 Å². The fourth-order valence-corrected chi connectivity index (χ4v) is 1.64. The number of hydrogen-bond donors (Lipinski definition) is 2. The van der Waals surface area contributed by atoms with Crippen LogP contribution in [-0.2, 0) is 6.18 Å². The normalized spacial score (nSPS) is 11.4. The van der Waals surface area contributed by atoms with Crippen molar-refractivity contribution in [3.05, 3.63) is 53.6 Å². The van der Waals surface area contributed by atoms with Crippen molar-refractivity contribution in [2.45, 2.75) is 6.18 Å². The van der Waals surface area contributed by atoms with E-state index in [0.29, 0.717) is 6.07 Å². The van der Waals surface area contributed by atoms with Crippen LogP contribution in [-0.4, -0.2) is 0 Å². The summed E-state index contributed by atoms with van der Waals surface area (Å²) in [4.78, 5) is 0. The van der Waals surface area contributed by atoms with Crippen LogP contribution in [0.25, 0.3) is 0 Å². The highest BCUT2D eigenvalue weighted by atomic mass is 19.4. The van der Waals surface area contributed by atoms with Crippen LogP contribution in [0.15, 0.2) is 36.4 Å². The molecule has 0 fully saturated rings. The molecule has 20 heavy (non-hydrogen) atoms.